The number of aliphatic carboxylic acids is 1. The number of carbonyl (C=O) groups is 1. The van der Waals surface area contributed by atoms with E-state index in [1.807, 2.05) is 37.3 Å². The van der Waals surface area contributed by atoms with E-state index in [-0.39, 0.29) is 6.42 Å². The summed E-state index contributed by atoms with van der Waals surface area (Å²) in [7, 11) is 0. The van der Waals surface area contributed by atoms with Crippen LogP contribution in [0.1, 0.15) is 17.5 Å². The Morgan fingerprint density at radius 1 is 1.38 bits per heavy atom. The van der Waals surface area contributed by atoms with Crippen molar-refractivity contribution >= 4 is 5.97 Å². The Labute approximate surface area is 123 Å². The van der Waals surface area contributed by atoms with Crippen molar-refractivity contribution in [2.24, 2.45) is 0 Å². The number of pyridine rings is 1. The standard InChI is InChI=1S/C16H18N2O3/c1-12-9-13(10-18-8-6-16(19)20)4-5-15(12)21-14-3-2-7-17-11-14/h2-5,7,9,11,18H,6,8,10H2,1H3,(H,19,20). The van der Waals surface area contributed by atoms with E-state index in [9.17, 15) is 4.79 Å². The average Bonchev–Trinajstić information content (AvgIpc) is 2.47. The molecule has 0 bridgehead atoms. The van der Waals surface area contributed by atoms with E-state index in [1.165, 1.54) is 0 Å². The molecule has 110 valence electrons. The topological polar surface area (TPSA) is 71.5 Å². The first-order valence-electron chi connectivity index (χ1n) is 6.75. The smallest absolute Gasteiger partial charge is 0.304 e. The van der Waals surface area contributed by atoms with Crippen molar-refractivity contribution in [2.45, 2.75) is 19.9 Å². The lowest BCUT2D eigenvalue weighted by atomic mass is 10.1. The molecule has 0 aliphatic carbocycles. The van der Waals surface area contributed by atoms with Crippen molar-refractivity contribution in [3.05, 3.63) is 53.9 Å². The van der Waals surface area contributed by atoms with Gasteiger partial charge in [-0.3, -0.25) is 9.78 Å². The summed E-state index contributed by atoms with van der Waals surface area (Å²) in [6, 6.07) is 9.59. The van der Waals surface area contributed by atoms with Gasteiger partial charge in [0, 0.05) is 19.3 Å². The predicted octanol–water partition coefficient (Wildman–Crippen LogP) is 2.75. The van der Waals surface area contributed by atoms with Gasteiger partial charge >= 0.3 is 5.97 Å². The summed E-state index contributed by atoms with van der Waals surface area (Å²) in [4.78, 5) is 14.4. The third-order valence-corrected chi connectivity index (χ3v) is 2.95. The van der Waals surface area contributed by atoms with Gasteiger partial charge in [0.1, 0.15) is 11.5 Å². The fourth-order valence-corrected chi connectivity index (χ4v) is 1.90. The maximum atomic E-state index is 10.4. The van der Waals surface area contributed by atoms with Crippen LogP contribution >= 0.6 is 0 Å². The summed E-state index contributed by atoms with van der Waals surface area (Å²) in [5.41, 5.74) is 2.12. The SMILES string of the molecule is Cc1cc(CNCCC(=O)O)ccc1Oc1cccnc1. The van der Waals surface area contributed by atoms with Gasteiger partial charge in [0.15, 0.2) is 0 Å². The highest BCUT2D eigenvalue weighted by molar-refractivity contribution is 5.66. The Kier molecular flexibility index (Phi) is 5.29. The van der Waals surface area contributed by atoms with E-state index in [1.54, 1.807) is 12.4 Å². The molecule has 0 radical (unpaired) electrons. The number of carboxylic acids is 1. The highest BCUT2D eigenvalue weighted by Gasteiger charge is 2.03. The number of nitrogens with one attached hydrogen (secondary N) is 1. The number of carboxylic acid groups (broad SMARTS) is 1. The van der Waals surface area contributed by atoms with Gasteiger partial charge in [-0.15, -0.1) is 0 Å². The molecule has 0 fully saturated rings. The number of hydrogen-bond acceptors (Lipinski definition) is 4. The molecule has 2 rings (SSSR count). The normalized spacial score (nSPS) is 10.3. The van der Waals surface area contributed by atoms with Gasteiger partial charge in [-0.1, -0.05) is 12.1 Å². The first kappa shape index (κ1) is 15.0. The third-order valence-electron chi connectivity index (χ3n) is 2.95. The van der Waals surface area contributed by atoms with Crippen LogP contribution in [0.15, 0.2) is 42.7 Å². The quantitative estimate of drug-likeness (QED) is 0.766. The molecule has 5 heteroatoms. The summed E-state index contributed by atoms with van der Waals surface area (Å²) < 4.78 is 5.76. The summed E-state index contributed by atoms with van der Waals surface area (Å²) in [6.45, 7) is 3.08. The van der Waals surface area contributed by atoms with Crippen LogP contribution in [0, 0.1) is 6.92 Å². The Morgan fingerprint density at radius 3 is 2.90 bits per heavy atom. The van der Waals surface area contributed by atoms with E-state index in [2.05, 4.69) is 10.3 Å². The van der Waals surface area contributed by atoms with Gasteiger partial charge in [-0.2, -0.15) is 0 Å². The van der Waals surface area contributed by atoms with Crippen LogP contribution in [0.2, 0.25) is 0 Å². The highest BCUT2D eigenvalue weighted by Crippen LogP contribution is 2.24. The van der Waals surface area contributed by atoms with Crippen molar-refractivity contribution in [2.75, 3.05) is 6.54 Å². The first-order valence-corrected chi connectivity index (χ1v) is 6.75. The maximum Gasteiger partial charge on any atom is 0.304 e. The van der Waals surface area contributed by atoms with Gasteiger partial charge in [-0.25, -0.2) is 0 Å². The first-order chi connectivity index (χ1) is 10.1. The second-order valence-corrected chi connectivity index (χ2v) is 4.71. The zero-order valence-corrected chi connectivity index (χ0v) is 11.9. The third kappa shape index (κ3) is 4.89. The second kappa shape index (κ2) is 7.40. The molecule has 0 saturated heterocycles. The van der Waals surface area contributed by atoms with Crippen molar-refractivity contribution in [1.82, 2.24) is 10.3 Å². The number of rotatable bonds is 7. The van der Waals surface area contributed by atoms with E-state index in [0.717, 1.165) is 16.9 Å². The minimum atomic E-state index is -0.793. The van der Waals surface area contributed by atoms with Crippen molar-refractivity contribution in [3.63, 3.8) is 0 Å². The molecule has 2 N–H and O–H groups in total. The Bertz CT molecular complexity index is 600. The number of aryl methyl sites for hydroxylation is 1. The number of benzene rings is 1. The summed E-state index contributed by atoms with van der Waals surface area (Å²) in [5, 5.41) is 11.7. The molecule has 1 aromatic carbocycles. The largest absolute Gasteiger partial charge is 0.481 e. The van der Waals surface area contributed by atoms with Crippen molar-refractivity contribution < 1.29 is 14.6 Å². The molecular weight excluding hydrogens is 268 g/mol. The van der Waals surface area contributed by atoms with Crippen LogP contribution in [-0.4, -0.2) is 22.6 Å². The zero-order valence-electron chi connectivity index (χ0n) is 11.9. The van der Waals surface area contributed by atoms with Gasteiger partial charge in [0.2, 0.25) is 0 Å². The second-order valence-electron chi connectivity index (χ2n) is 4.71. The van der Waals surface area contributed by atoms with E-state index in [0.29, 0.717) is 18.8 Å². The molecule has 1 heterocycles. The van der Waals surface area contributed by atoms with Crippen molar-refractivity contribution in [1.29, 1.82) is 0 Å². The number of nitrogens with zero attached hydrogens (tertiary/aromatic N) is 1. The lowest BCUT2D eigenvalue weighted by Gasteiger charge is -2.10. The molecular formula is C16H18N2O3. The van der Waals surface area contributed by atoms with Gasteiger partial charge in [0.05, 0.1) is 12.6 Å². The maximum absolute atomic E-state index is 10.4. The molecule has 0 spiro atoms. The van der Waals surface area contributed by atoms with Crippen LogP contribution in [0.4, 0.5) is 0 Å². The molecule has 0 saturated carbocycles. The van der Waals surface area contributed by atoms with Gasteiger partial charge < -0.3 is 15.2 Å². The number of hydrogen-bond donors (Lipinski definition) is 2. The van der Waals surface area contributed by atoms with E-state index in [4.69, 9.17) is 9.84 Å². The fraction of sp³-hybridized carbons (Fsp3) is 0.250. The molecule has 0 amide bonds. The van der Waals surface area contributed by atoms with Gasteiger partial charge in [-0.05, 0) is 36.2 Å². The lowest BCUT2D eigenvalue weighted by molar-refractivity contribution is -0.136. The Hall–Kier alpha value is -2.40. The summed E-state index contributed by atoms with van der Waals surface area (Å²) in [5.74, 6) is 0.698. The molecule has 21 heavy (non-hydrogen) atoms. The van der Waals surface area contributed by atoms with Crippen LogP contribution < -0.4 is 10.1 Å². The highest BCUT2D eigenvalue weighted by atomic mass is 16.5. The fourth-order valence-electron chi connectivity index (χ4n) is 1.90. The molecule has 0 aliphatic rings. The molecule has 0 atom stereocenters. The summed E-state index contributed by atoms with van der Waals surface area (Å²) >= 11 is 0. The Balaban J connectivity index is 1.93. The minimum Gasteiger partial charge on any atom is -0.481 e. The summed E-state index contributed by atoms with van der Waals surface area (Å²) in [6.07, 6.45) is 3.49. The monoisotopic (exact) mass is 286 g/mol. The molecule has 2 aromatic rings. The zero-order chi connectivity index (χ0) is 15.1. The van der Waals surface area contributed by atoms with Crippen LogP contribution in [0.25, 0.3) is 0 Å². The van der Waals surface area contributed by atoms with Gasteiger partial charge in [0.25, 0.3) is 0 Å². The van der Waals surface area contributed by atoms with E-state index < -0.39 is 5.97 Å². The number of aromatic nitrogens is 1. The minimum absolute atomic E-state index is 0.126. The van der Waals surface area contributed by atoms with Crippen LogP contribution in [-0.2, 0) is 11.3 Å². The number of ether oxygens (including phenoxy) is 1. The average molecular weight is 286 g/mol. The predicted molar refractivity (Wildman–Crippen MR) is 79.4 cm³/mol. The lowest BCUT2D eigenvalue weighted by Crippen LogP contribution is -2.17. The van der Waals surface area contributed by atoms with Crippen LogP contribution in [0.5, 0.6) is 11.5 Å². The van der Waals surface area contributed by atoms with Crippen LogP contribution in [0.3, 0.4) is 0 Å². The molecule has 0 unspecified atom stereocenters. The molecule has 1 aromatic heterocycles. The van der Waals surface area contributed by atoms with E-state index >= 15 is 0 Å². The Morgan fingerprint density at radius 2 is 2.24 bits per heavy atom. The molecule has 5 nitrogen and oxygen atoms in total. The van der Waals surface area contributed by atoms with Crippen molar-refractivity contribution in [3.8, 4) is 11.5 Å². The molecule has 0 aliphatic heterocycles.